The van der Waals surface area contributed by atoms with Gasteiger partial charge in [0.05, 0.1) is 16.4 Å². The molecule has 18 heavy (non-hydrogen) atoms. The maximum Gasteiger partial charge on any atom is 0.321 e. The summed E-state index contributed by atoms with van der Waals surface area (Å²) in [4.78, 5) is 15.8. The summed E-state index contributed by atoms with van der Waals surface area (Å²) in [6, 6.07) is 5.49. The fourth-order valence-electron chi connectivity index (χ4n) is 2.19. The molecular formula is C13H18ClN3O. The van der Waals surface area contributed by atoms with Gasteiger partial charge >= 0.3 is 6.03 Å². The number of urea groups is 1. The summed E-state index contributed by atoms with van der Waals surface area (Å²) in [5.41, 5.74) is 1.59. The number of para-hydroxylation sites is 1. The smallest absolute Gasteiger partial charge is 0.321 e. The molecule has 1 N–H and O–H groups in total. The molecule has 0 spiro atoms. The molecule has 1 heterocycles. The van der Waals surface area contributed by atoms with Crippen LogP contribution < -0.4 is 10.2 Å². The van der Waals surface area contributed by atoms with E-state index in [2.05, 4.69) is 5.32 Å². The Bertz CT molecular complexity index is 442. The van der Waals surface area contributed by atoms with Crippen LogP contribution in [0.1, 0.15) is 12.8 Å². The molecule has 4 nitrogen and oxygen atoms in total. The first-order valence-electron chi connectivity index (χ1n) is 6.11. The van der Waals surface area contributed by atoms with E-state index >= 15 is 0 Å². The monoisotopic (exact) mass is 267 g/mol. The Kier molecular flexibility index (Phi) is 3.97. The fourth-order valence-corrected chi connectivity index (χ4v) is 2.53. The minimum Gasteiger partial charge on any atom is -0.375 e. The molecule has 5 heteroatoms. The standard InChI is InChI=1S/C13H18ClN3O/c1-16(2)12-10(14)6-5-7-11(12)15-13(18)17-8-3-4-9-17/h5-7H,3-4,8-9H2,1-2H3,(H,15,18). The van der Waals surface area contributed by atoms with Crippen LogP contribution in [0.4, 0.5) is 16.2 Å². The average molecular weight is 268 g/mol. The van der Waals surface area contributed by atoms with E-state index < -0.39 is 0 Å². The molecule has 2 rings (SSSR count). The molecule has 1 fully saturated rings. The van der Waals surface area contributed by atoms with E-state index in [1.807, 2.05) is 42.1 Å². The van der Waals surface area contributed by atoms with Gasteiger partial charge in [-0.1, -0.05) is 17.7 Å². The zero-order valence-electron chi connectivity index (χ0n) is 10.7. The molecule has 98 valence electrons. The van der Waals surface area contributed by atoms with Crippen LogP contribution in [0.15, 0.2) is 18.2 Å². The van der Waals surface area contributed by atoms with Crippen LogP contribution in [0.25, 0.3) is 0 Å². The topological polar surface area (TPSA) is 35.6 Å². The van der Waals surface area contributed by atoms with Gasteiger partial charge in [0.15, 0.2) is 0 Å². The van der Waals surface area contributed by atoms with Gasteiger partial charge in [-0.15, -0.1) is 0 Å². The van der Waals surface area contributed by atoms with Crippen LogP contribution in [-0.4, -0.2) is 38.1 Å². The molecule has 0 atom stereocenters. The molecule has 1 aliphatic heterocycles. The van der Waals surface area contributed by atoms with Gasteiger partial charge in [0.2, 0.25) is 0 Å². The quantitative estimate of drug-likeness (QED) is 0.894. The summed E-state index contributed by atoms with van der Waals surface area (Å²) in [6.07, 6.45) is 2.17. The highest BCUT2D eigenvalue weighted by molar-refractivity contribution is 6.34. The maximum absolute atomic E-state index is 12.1. The van der Waals surface area contributed by atoms with Crippen molar-refractivity contribution in [3.05, 3.63) is 23.2 Å². The molecule has 1 aromatic rings. The summed E-state index contributed by atoms with van der Waals surface area (Å²) in [7, 11) is 3.82. The minimum absolute atomic E-state index is 0.0436. The van der Waals surface area contributed by atoms with Gasteiger partial charge in [-0.3, -0.25) is 0 Å². The van der Waals surface area contributed by atoms with Crippen LogP contribution in [0, 0.1) is 0 Å². The van der Waals surface area contributed by atoms with Gasteiger partial charge in [0.1, 0.15) is 0 Å². The van der Waals surface area contributed by atoms with E-state index in [0.717, 1.165) is 37.3 Å². The van der Waals surface area contributed by atoms with Crippen molar-refractivity contribution in [3.8, 4) is 0 Å². The van der Waals surface area contributed by atoms with Gasteiger partial charge in [-0.2, -0.15) is 0 Å². The molecule has 0 aromatic heterocycles. The Morgan fingerprint density at radius 2 is 2.00 bits per heavy atom. The number of amides is 2. The van der Waals surface area contributed by atoms with Gasteiger partial charge in [0, 0.05) is 27.2 Å². The highest BCUT2D eigenvalue weighted by Crippen LogP contribution is 2.32. The molecule has 1 aromatic carbocycles. The third kappa shape index (κ3) is 2.70. The van der Waals surface area contributed by atoms with Gasteiger partial charge in [0.25, 0.3) is 0 Å². The van der Waals surface area contributed by atoms with Gasteiger partial charge in [-0.25, -0.2) is 4.79 Å². The summed E-state index contributed by atoms with van der Waals surface area (Å²) in [5.74, 6) is 0. The van der Waals surface area contributed by atoms with Crippen molar-refractivity contribution in [1.82, 2.24) is 4.90 Å². The van der Waals surface area contributed by atoms with E-state index in [1.54, 1.807) is 0 Å². The SMILES string of the molecule is CN(C)c1c(Cl)cccc1NC(=O)N1CCCC1. The number of rotatable bonds is 2. The lowest BCUT2D eigenvalue weighted by Gasteiger charge is -2.22. The lowest BCUT2D eigenvalue weighted by atomic mass is 10.2. The number of hydrogen-bond donors (Lipinski definition) is 1. The highest BCUT2D eigenvalue weighted by Gasteiger charge is 2.19. The molecule has 0 aliphatic carbocycles. The number of likely N-dealkylation sites (tertiary alicyclic amines) is 1. The first-order valence-corrected chi connectivity index (χ1v) is 6.49. The predicted molar refractivity (Wildman–Crippen MR) is 75.6 cm³/mol. The summed E-state index contributed by atoms with van der Waals surface area (Å²) in [6.45, 7) is 1.67. The Hall–Kier alpha value is -1.42. The number of carbonyl (C=O) groups excluding carboxylic acids is 1. The summed E-state index contributed by atoms with van der Waals surface area (Å²) in [5, 5.41) is 3.57. The number of anilines is 2. The highest BCUT2D eigenvalue weighted by atomic mass is 35.5. The van der Waals surface area contributed by atoms with Crippen molar-refractivity contribution in [1.29, 1.82) is 0 Å². The Morgan fingerprint density at radius 1 is 1.33 bits per heavy atom. The van der Waals surface area contributed by atoms with Crippen molar-refractivity contribution in [3.63, 3.8) is 0 Å². The molecule has 1 aliphatic rings. The Morgan fingerprint density at radius 3 is 2.61 bits per heavy atom. The van der Waals surface area contributed by atoms with Crippen molar-refractivity contribution in [2.24, 2.45) is 0 Å². The van der Waals surface area contributed by atoms with Crippen LogP contribution in [0.2, 0.25) is 5.02 Å². The Labute approximate surface area is 113 Å². The lowest BCUT2D eigenvalue weighted by Crippen LogP contribution is -2.32. The Balaban J connectivity index is 2.18. The number of carbonyl (C=O) groups is 1. The predicted octanol–water partition coefficient (Wildman–Crippen LogP) is 3.03. The average Bonchev–Trinajstić information content (AvgIpc) is 2.81. The molecular weight excluding hydrogens is 250 g/mol. The second kappa shape index (κ2) is 5.48. The van der Waals surface area contributed by atoms with Crippen molar-refractivity contribution in [2.45, 2.75) is 12.8 Å². The first kappa shape index (κ1) is 13.0. The number of benzene rings is 1. The fraction of sp³-hybridized carbons (Fsp3) is 0.462. The van der Waals surface area contributed by atoms with Gasteiger partial charge in [-0.05, 0) is 25.0 Å². The molecule has 0 radical (unpaired) electrons. The molecule has 0 unspecified atom stereocenters. The lowest BCUT2D eigenvalue weighted by molar-refractivity contribution is 0.222. The second-order valence-corrected chi connectivity index (χ2v) is 5.06. The number of halogens is 1. The van der Waals surface area contributed by atoms with Crippen molar-refractivity contribution in [2.75, 3.05) is 37.4 Å². The van der Waals surface area contributed by atoms with Crippen molar-refractivity contribution >= 4 is 29.0 Å². The van der Waals surface area contributed by atoms with Crippen LogP contribution >= 0.6 is 11.6 Å². The van der Waals surface area contributed by atoms with Gasteiger partial charge < -0.3 is 15.1 Å². The molecule has 1 saturated heterocycles. The second-order valence-electron chi connectivity index (χ2n) is 4.65. The van der Waals surface area contributed by atoms with E-state index in [1.165, 1.54) is 0 Å². The minimum atomic E-state index is -0.0436. The number of nitrogens with one attached hydrogen (secondary N) is 1. The van der Waals surface area contributed by atoms with E-state index in [-0.39, 0.29) is 6.03 Å². The number of hydrogen-bond acceptors (Lipinski definition) is 2. The molecule has 0 bridgehead atoms. The van der Waals surface area contributed by atoms with Crippen LogP contribution in [0.3, 0.4) is 0 Å². The van der Waals surface area contributed by atoms with Crippen LogP contribution in [0.5, 0.6) is 0 Å². The third-order valence-corrected chi connectivity index (χ3v) is 3.37. The zero-order valence-corrected chi connectivity index (χ0v) is 11.5. The van der Waals surface area contributed by atoms with E-state index in [4.69, 9.17) is 11.6 Å². The molecule has 0 saturated carbocycles. The first-order chi connectivity index (χ1) is 8.59. The summed E-state index contributed by atoms with van der Waals surface area (Å²) < 4.78 is 0. The number of nitrogens with zero attached hydrogens (tertiary/aromatic N) is 2. The van der Waals surface area contributed by atoms with E-state index in [9.17, 15) is 4.79 Å². The molecule has 2 amide bonds. The maximum atomic E-state index is 12.1. The van der Waals surface area contributed by atoms with E-state index in [0.29, 0.717) is 5.02 Å². The van der Waals surface area contributed by atoms with Crippen LogP contribution in [-0.2, 0) is 0 Å². The normalized spacial score (nSPS) is 14.7. The largest absolute Gasteiger partial charge is 0.375 e. The van der Waals surface area contributed by atoms with Crippen molar-refractivity contribution < 1.29 is 4.79 Å². The summed E-state index contributed by atoms with van der Waals surface area (Å²) >= 11 is 6.16. The zero-order chi connectivity index (χ0) is 13.1. The third-order valence-electron chi connectivity index (χ3n) is 3.07.